The van der Waals surface area contributed by atoms with Crippen LogP contribution in [0.15, 0.2) is 0 Å². The maximum absolute atomic E-state index is 13.6. The minimum absolute atomic E-state index is 0.0160. The predicted molar refractivity (Wildman–Crippen MR) is 113 cm³/mol. The molecule has 0 aliphatic carbocycles. The maximum Gasteiger partial charge on any atom is 0.242 e. The first-order chi connectivity index (χ1) is 11.9. The van der Waals surface area contributed by atoms with E-state index in [0.717, 1.165) is 25.7 Å². The molecule has 27 heavy (non-hydrogen) atoms. The van der Waals surface area contributed by atoms with Gasteiger partial charge in [-0.05, 0) is 87.0 Å². The summed E-state index contributed by atoms with van der Waals surface area (Å²) in [6.45, 7) is 21.9. The fraction of sp³-hybridized carbons (Fsp3) is 0.955. The Labute approximate surface area is 167 Å². The lowest BCUT2D eigenvalue weighted by Gasteiger charge is -2.52. The number of hydrogen-bond donors (Lipinski definition) is 3. The van der Waals surface area contributed by atoms with Crippen LogP contribution in [-0.4, -0.2) is 39.1 Å². The number of nitrogens with one attached hydrogen (secondary N) is 2. The van der Waals surface area contributed by atoms with Crippen molar-refractivity contribution in [3.05, 3.63) is 0 Å². The molecule has 5 nitrogen and oxygen atoms in total. The largest absolute Gasteiger partial charge is 0.307 e. The van der Waals surface area contributed by atoms with Crippen LogP contribution in [0, 0.1) is 11.3 Å². The molecule has 0 aromatic rings. The summed E-state index contributed by atoms with van der Waals surface area (Å²) in [6, 6.07) is 0.0609. The summed E-state index contributed by atoms with van der Waals surface area (Å²) in [5, 5.41) is 8.98. The molecule has 4 N–H and O–H groups in total. The monoisotopic (exact) mass is 380 g/mol. The summed E-state index contributed by atoms with van der Waals surface area (Å²) in [5.41, 5.74) is -0.519. The molecular weight excluding hydrogens is 336 g/mol. The second-order valence-electron chi connectivity index (χ2n) is 12.4. The summed E-state index contributed by atoms with van der Waals surface area (Å²) in [5.74, 6) is 6.88. The number of hydrazine groups is 1. The molecule has 0 radical (unpaired) electrons. The molecule has 0 saturated carbocycles. The number of amides is 1. The van der Waals surface area contributed by atoms with E-state index in [1.54, 1.807) is 5.01 Å². The van der Waals surface area contributed by atoms with Crippen LogP contribution in [0.1, 0.15) is 94.9 Å². The van der Waals surface area contributed by atoms with Crippen LogP contribution >= 0.6 is 0 Å². The Kier molecular flexibility index (Phi) is 5.62. The molecule has 0 atom stereocenters. The molecule has 2 fully saturated rings. The molecule has 2 saturated heterocycles. The highest BCUT2D eigenvalue weighted by molar-refractivity contribution is 5.82. The van der Waals surface area contributed by atoms with Gasteiger partial charge in [-0.1, -0.05) is 13.8 Å². The number of rotatable bonds is 3. The third-order valence-corrected chi connectivity index (χ3v) is 6.56. The quantitative estimate of drug-likeness (QED) is 0.398. The highest BCUT2D eigenvalue weighted by atomic mass is 16.2. The molecule has 2 aliphatic heterocycles. The van der Waals surface area contributed by atoms with Crippen molar-refractivity contribution in [1.29, 1.82) is 0 Å². The third kappa shape index (κ3) is 5.24. The number of nitrogens with two attached hydrogens (primary N) is 1. The van der Waals surface area contributed by atoms with Crippen LogP contribution in [0.25, 0.3) is 0 Å². The number of nitrogens with zero attached hydrogens (tertiary/aromatic N) is 1. The van der Waals surface area contributed by atoms with Crippen molar-refractivity contribution in [2.24, 2.45) is 17.2 Å². The lowest BCUT2D eigenvalue weighted by Crippen LogP contribution is -2.66. The van der Waals surface area contributed by atoms with Crippen LogP contribution in [-0.2, 0) is 4.79 Å². The van der Waals surface area contributed by atoms with E-state index in [4.69, 9.17) is 5.84 Å². The third-order valence-electron chi connectivity index (χ3n) is 6.56. The number of hydrogen-bond acceptors (Lipinski definition) is 4. The van der Waals surface area contributed by atoms with Gasteiger partial charge in [0, 0.05) is 27.6 Å². The molecule has 0 aromatic carbocycles. The van der Waals surface area contributed by atoms with Gasteiger partial charge in [0.25, 0.3) is 0 Å². The molecule has 2 heterocycles. The Bertz CT molecular complexity index is 545. The van der Waals surface area contributed by atoms with Gasteiger partial charge in [0.1, 0.15) is 0 Å². The van der Waals surface area contributed by atoms with Crippen molar-refractivity contribution in [3.63, 3.8) is 0 Å². The lowest BCUT2D eigenvalue weighted by molar-refractivity contribution is -0.150. The van der Waals surface area contributed by atoms with Gasteiger partial charge in [0.15, 0.2) is 0 Å². The van der Waals surface area contributed by atoms with Gasteiger partial charge < -0.3 is 10.6 Å². The molecule has 0 unspecified atom stereocenters. The van der Waals surface area contributed by atoms with Gasteiger partial charge in [-0.2, -0.15) is 0 Å². The van der Waals surface area contributed by atoms with Crippen LogP contribution in [0.5, 0.6) is 0 Å². The standard InChI is InChI=1S/C22H44N4O/c1-18(2)11-15(12-19(3,4)24-18)22(9,10)17(27)26(23)16-13-20(5,6)25-21(7,8)14-16/h15-16,24-25H,11-14,23H2,1-10H3. The van der Waals surface area contributed by atoms with Crippen molar-refractivity contribution >= 4 is 5.91 Å². The van der Waals surface area contributed by atoms with Crippen molar-refractivity contribution in [3.8, 4) is 0 Å². The highest BCUT2D eigenvalue weighted by Crippen LogP contribution is 2.44. The Balaban J connectivity index is 2.21. The highest BCUT2D eigenvalue weighted by Gasteiger charge is 2.49. The topological polar surface area (TPSA) is 70.4 Å². The Morgan fingerprint density at radius 1 is 0.815 bits per heavy atom. The van der Waals surface area contributed by atoms with E-state index in [1.165, 1.54) is 0 Å². The SMILES string of the molecule is CC1(C)CC(N(N)C(=O)C(C)(C)C2CC(C)(C)NC(C)(C)C2)CC(C)(C)N1. The predicted octanol–water partition coefficient (Wildman–Crippen LogP) is 3.58. The van der Waals surface area contributed by atoms with Crippen LogP contribution in [0.4, 0.5) is 0 Å². The molecule has 2 rings (SSSR count). The molecule has 2 aliphatic rings. The van der Waals surface area contributed by atoms with E-state index in [2.05, 4.69) is 79.9 Å². The van der Waals surface area contributed by atoms with E-state index in [1.807, 2.05) is 0 Å². The average Bonchev–Trinajstić information content (AvgIpc) is 2.38. The summed E-state index contributed by atoms with van der Waals surface area (Å²) >= 11 is 0. The number of carbonyl (C=O) groups is 1. The van der Waals surface area contributed by atoms with E-state index in [0.29, 0.717) is 5.92 Å². The van der Waals surface area contributed by atoms with Gasteiger partial charge in [-0.25, -0.2) is 5.84 Å². The Morgan fingerprint density at radius 2 is 1.15 bits per heavy atom. The van der Waals surface area contributed by atoms with Gasteiger partial charge >= 0.3 is 0 Å². The molecule has 0 aromatic heterocycles. The van der Waals surface area contributed by atoms with Crippen molar-refractivity contribution in [2.75, 3.05) is 0 Å². The summed E-state index contributed by atoms with van der Waals surface area (Å²) in [6.07, 6.45) is 3.70. The Morgan fingerprint density at radius 3 is 1.52 bits per heavy atom. The van der Waals surface area contributed by atoms with Crippen LogP contribution in [0.3, 0.4) is 0 Å². The summed E-state index contributed by atoms with van der Waals surface area (Å²) in [7, 11) is 0. The first-order valence-corrected chi connectivity index (χ1v) is 10.5. The van der Waals surface area contributed by atoms with E-state index >= 15 is 0 Å². The van der Waals surface area contributed by atoms with Crippen LogP contribution < -0.4 is 16.5 Å². The smallest absolute Gasteiger partial charge is 0.242 e. The first-order valence-electron chi connectivity index (χ1n) is 10.5. The van der Waals surface area contributed by atoms with Crippen molar-refractivity contribution in [2.45, 2.75) is 123 Å². The molecule has 0 spiro atoms. The normalized spacial score (nSPS) is 28.0. The van der Waals surface area contributed by atoms with E-state index in [-0.39, 0.29) is 34.1 Å². The first kappa shape index (κ1) is 22.6. The number of carbonyl (C=O) groups excluding carboxylic acids is 1. The number of piperidine rings is 2. The zero-order valence-electron chi connectivity index (χ0n) is 19.4. The summed E-state index contributed by atoms with van der Waals surface area (Å²) in [4.78, 5) is 13.6. The second-order valence-corrected chi connectivity index (χ2v) is 12.4. The molecule has 1 amide bonds. The zero-order chi connectivity index (χ0) is 21.1. The van der Waals surface area contributed by atoms with E-state index < -0.39 is 5.41 Å². The molecule has 0 bridgehead atoms. The van der Waals surface area contributed by atoms with Crippen molar-refractivity contribution < 1.29 is 4.79 Å². The molecule has 5 heteroatoms. The second kappa shape index (κ2) is 6.70. The zero-order valence-corrected chi connectivity index (χ0v) is 19.4. The van der Waals surface area contributed by atoms with Crippen LogP contribution in [0.2, 0.25) is 0 Å². The van der Waals surface area contributed by atoms with Gasteiger partial charge in [-0.15, -0.1) is 0 Å². The minimum Gasteiger partial charge on any atom is -0.307 e. The summed E-state index contributed by atoms with van der Waals surface area (Å²) < 4.78 is 0. The van der Waals surface area contributed by atoms with Gasteiger partial charge in [-0.3, -0.25) is 9.80 Å². The van der Waals surface area contributed by atoms with Gasteiger partial charge in [0.05, 0.1) is 6.04 Å². The molecular formula is C22H44N4O. The fourth-order valence-electron chi connectivity index (χ4n) is 5.97. The minimum atomic E-state index is -0.482. The average molecular weight is 381 g/mol. The van der Waals surface area contributed by atoms with E-state index in [9.17, 15) is 4.79 Å². The fourth-order valence-corrected chi connectivity index (χ4v) is 5.97. The maximum atomic E-state index is 13.6. The lowest BCUT2D eigenvalue weighted by atomic mass is 9.64. The van der Waals surface area contributed by atoms with Gasteiger partial charge in [0.2, 0.25) is 5.91 Å². The van der Waals surface area contributed by atoms with Crippen molar-refractivity contribution in [1.82, 2.24) is 15.6 Å². The Hall–Kier alpha value is -0.650. The molecule has 158 valence electrons.